The minimum atomic E-state index is -0.0735. The molecular weight excluding hydrogens is 292 g/mol. The van der Waals surface area contributed by atoms with Gasteiger partial charge in [-0.1, -0.05) is 0 Å². The fourth-order valence-electron chi connectivity index (χ4n) is 3.03. The van der Waals surface area contributed by atoms with Crippen molar-refractivity contribution in [2.75, 3.05) is 0 Å². The Morgan fingerprint density at radius 3 is 3.26 bits per heavy atom. The Labute approximate surface area is 132 Å². The third-order valence-electron chi connectivity index (χ3n) is 4.07. The first kappa shape index (κ1) is 13.8. The first-order valence-electron chi connectivity index (χ1n) is 7.68. The van der Waals surface area contributed by atoms with Crippen LogP contribution in [0.1, 0.15) is 35.8 Å². The van der Waals surface area contributed by atoms with Gasteiger partial charge >= 0.3 is 0 Å². The number of nitrogens with zero attached hydrogens (tertiary/aromatic N) is 5. The maximum absolute atomic E-state index is 12.3. The van der Waals surface area contributed by atoms with Gasteiger partial charge in [-0.3, -0.25) is 9.78 Å². The predicted octanol–water partition coefficient (Wildman–Crippen LogP) is 1.26. The van der Waals surface area contributed by atoms with Crippen molar-refractivity contribution < 1.29 is 4.79 Å². The standard InChI is InChI=1S/C16H16N6O/c23-15(9-14-20-16-18-6-2-8-22(16)21-14)19-13-4-1-3-11-10-17-7-5-12(11)13/h2,5-8,10,13H,1,3-4,9H2,(H,19,23). The van der Waals surface area contributed by atoms with Crippen LogP contribution in [0.25, 0.3) is 5.78 Å². The second-order valence-electron chi connectivity index (χ2n) is 5.66. The Morgan fingerprint density at radius 1 is 1.39 bits per heavy atom. The van der Waals surface area contributed by atoms with Crippen molar-refractivity contribution in [3.05, 3.63) is 53.9 Å². The maximum atomic E-state index is 12.3. The number of fused-ring (bicyclic) bond motifs is 2. The summed E-state index contributed by atoms with van der Waals surface area (Å²) in [7, 11) is 0. The van der Waals surface area contributed by atoms with E-state index >= 15 is 0 Å². The van der Waals surface area contributed by atoms with Gasteiger partial charge in [-0.2, -0.15) is 4.98 Å². The van der Waals surface area contributed by atoms with Gasteiger partial charge in [0.1, 0.15) is 0 Å². The molecule has 0 saturated carbocycles. The predicted molar refractivity (Wildman–Crippen MR) is 82.5 cm³/mol. The van der Waals surface area contributed by atoms with Gasteiger partial charge in [0.2, 0.25) is 5.91 Å². The first-order valence-corrected chi connectivity index (χ1v) is 7.68. The van der Waals surface area contributed by atoms with Gasteiger partial charge in [0.25, 0.3) is 5.78 Å². The number of rotatable bonds is 3. The highest BCUT2D eigenvalue weighted by molar-refractivity contribution is 5.78. The van der Waals surface area contributed by atoms with Gasteiger partial charge in [0.15, 0.2) is 5.82 Å². The van der Waals surface area contributed by atoms with E-state index < -0.39 is 0 Å². The van der Waals surface area contributed by atoms with Crippen LogP contribution in [0.5, 0.6) is 0 Å². The van der Waals surface area contributed by atoms with Gasteiger partial charge in [0, 0.05) is 24.8 Å². The molecule has 3 aromatic heterocycles. The molecule has 1 N–H and O–H groups in total. The molecule has 0 spiro atoms. The number of nitrogens with one attached hydrogen (secondary N) is 1. The van der Waals surface area contributed by atoms with E-state index in [0.29, 0.717) is 11.6 Å². The number of aryl methyl sites for hydroxylation is 1. The topological polar surface area (TPSA) is 85.1 Å². The molecule has 0 saturated heterocycles. The zero-order valence-electron chi connectivity index (χ0n) is 12.5. The van der Waals surface area contributed by atoms with Gasteiger partial charge in [-0.05, 0) is 42.5 Å². The summed E-state index contributed by atoms with van der Waals surface area (Å²) in [5.74, 6) is 0.909. The zero-order chi connectivity index (χ0) is 15.6. The first-order chi connectivity index (χ1) is 11.3. The summed E-state index contributed by atoms with van der Waals surface area (Å²) < 4.78 is 1.57. The van der Waals surface area contributed by atoms with E-state index in [-0.39, 0.29) is 18.4 Å². The van der Waals surface area contributed by atoms with Crippen LogP contribution in [-0.4, -0.2) is 30.5 Å². The lowest BCUT2D eigenvalue weighted by atomic mass is 9.89. The van der Waals surface area contributed by atoms with Crippen molar-refractivity contribution >= 4 is 11.7 Å². The molecule has 1 amide bonds. The monoisotopic (exact) mass is 308 g/mol. The molecule has 3 heterocycles. The third-order valence-corrected chi connectivity index (χ3v) is 4.07. The summed E-state index contributed by atoms with van der Waals surface area (Å²) in [5.41, 5.74) is 2.39. The molecule has 116 valence electrons. The fraction of sp³-hybridized carbons (Fsp3) is 0.312. The molecule has 1 atom stereocenters. The number of hydrogen-bond donors (Lipinski definition) is 1. The van der Waals surface area contributed by atoms with Crippen molar-refractivity contribution in [3.63, 3.8) is 0 Å². The largest absolute Gasteiger partial charge is 0.349 e. The van der Waals surface area contributed by atoms with Crippen LogP contribution < -0.4 is 5.32 Å². The van der Waals surface area contributed by atoms with Crippen LogP contribution in [-0.2, 0) is 17.6 Å². The van der Waals surface area contributed by atoms with Crippen molar-refractivity contribution in [2.45, 2.75) is 31.7 Å². The SMILES string of the molecule is O=C(Cc1nc2ncccn2n1)NC1CCCc2cnccc21. The minimum absolute atomic E-state index is 0.0457. The van der Waals surface area contributed by atoms with Crippen molar-refractivity contribution in [1.82, 2.24) is 29.9 Å². The van der Waals surface area contributed by atoms with Gasteiger partial charge in [0.05, 0.1) is 12.5 Å². The molecule has 0 radical (unpaired) electrons. The number of aromatic nitrogens is 5. The molecule has 7 heteroatoms. The van der Waals surface area contributed by atoms with Gasteiger partial charge < -0.3 is 5.32 Å². The van der Waals surface area contributed by atoms with E-state index in [1.807, 2.05) is 12.3 Å². The lowest BCUT2D eigenvalue weighted by Gasteiger charge is -2.25. The lowest BCUT2D eigenvalue weighted by Crippen LogP contribution is -2.32. The summed E-state index contributed by atoms with van der Waals surface area (Å²) in [6.45, 7) is 0. The smallest absolute Gasteiger partial charge is 0.252 e. The van der Waals surface area contributed by atoms with E-state index in [1.54, 1.807) is 29.2 Å². The quantitative estimate of drug-likeness (QED) is 0.787. The summed E-state index contributed by atoms with van der Waals surface area (Å²) >= 11 is 0. The van der Waals surface area contributed by atoms with Gasteiger partial charge in [-0.15, -0.1) is 5.10 Å². The molecule has 4 rings (SSSR count). The van der Waals surface area contributed by atoms with Crippen LogP contribution in [0.3, 0.4) is 0 Å². The van der Waals surface area contributed by atoms with Crippen LogP contribution in [0, 0.1) is 0 Å². The molecule has 3 aromatic rings. The van der Waals surface area contributed by atoms with E-state index in [0.717, 1.165) is 19.3 Å². The van der Waals surface area contributed by atoms with Crippen molar-refractivity contribution in [1.29, 1.82) is 0 Å². The number of carbonyl (C=O) groups excluding carboxylic acids is 1. The summed E-state index contributed by atoms with van der Waals surface area (Å²) in [6, 6.07) is 3.81. The molecule has 0 fully saturated rings. The number of carbonyl (C=O) groups is 1. The molecule has 1 unspecified atom stereocenters. The van der Waals surface area contributed by atoms with E-state index in [2.05, 4.69) is 25.4 Å². The molecule has 0 bridgehead atoms. The van der Waals surface area contributed by atoms with Gasteiger partial charge in [-0.25, -0.2) is 9.50 Å². The highest BCUT2D eigenvalue weighted by atomic mass is 16.1. The molecule has 7 nitrogen and oxygen atoms in total. The average molecular weight is 308 g/mol. The highest BCUT2D eigenvalue weighted by Crippen LogP contribution is 2.28. The van der Waals surface area contributed by atoms with Crippen LogP contribution in [0.2, 0.25) is 0 Å². The lowest BCUT2D eigenvalue weighted by molar-refractivity contribution is -0.121. The van der Waals surface area contributed by atoms with E-state index in [9.17, 15) is 4.79 Å². The average Bonchev–Trinajstić information content (AvgIpc) is 2.97. The number of pyridine rings is 1. The second-order valence-corrected chi connectivity index (χ2v) is 5.66. The molecular formula is C16H16N6O. The Balaban J connectivity index is 1.48. The normalized spacial score (nSPS) is 17.0. The van der Waals surface area contributed by atoms with E-state index in [1.165, 1.54) is 11.1 Å². The van der Waals surface area contributed by atoms with Crippen LogP contribution in [0.4, 0.5) is 0 Å². The Bertz CT molecular complexity index is 825. The minimum Gasteiger partial charge on any atom is -0.349 e. The maximum Gasteiger partial charge on any atom is 0.252 e. The third kappa shape index (κ3) is 2.77. The van der Waals surface area contributed by atoms with Crippen LogP contribution >= 0.6 is 0 Å². The summed E-state index contributed by atoms with van der Waals surface area (Å²) in [4.78, 5) is 24.9. The van der Waals surface area contributed by atoms with Crippen molar-refractivity contribution in [3.8, 4) is 0 Å². The molecule has 1 aliphatic rings. The summed E-state index contributed by atoms with van der Waals surface area (Å²) in [6.07, 6.45) is 10.3. The molecule has 1 aliphatic carbocycles. The van der Waals surface area contributed by atoms with E-state index in [4.69, 9.17) is 0 Å². The Morgan fingerprint density at radius 2 is 2.35 bits per heavy atom. The zero-order valence-corrected chi connectivity index (χ0v) is 12.5. The number of hydrogen-bond acceptors (Lipinski definition) is 5. The highest BCUT2D eigenvalue weighted by Gasteiger charge is 2.22. The molecule has 0 aromatic carbocycles. The fourth-order valence-corrected chi connectivity index (χ4v) is 3.03. The Hall–Kier alpha value is -2.83. The van der Waals surface area contributed by atoms with Crippen molar-refractivity contribution in [2.24, 2.45) is 0 Å². The number of amides is 1. The molecule has 23 heavy (non-hydrogen) atoms. The summed E-state index contributed by atoms with van der Waals surface area (Å²) in [5, 5.41) is 7.35. The van der Waals surface area contributed by atoms with Crippen LogP contribution in [0.15, 0.2) is 36.9 Å². The Kier molecular flexibility index (Phi) is 3.45. The second kappa shape index (κ2) is 5.75. The molecule has 0 aliphatic heterocycles.